The van der Waals surface area contributed by atoms with Crippen molar-refractivity contribution < 1.29 is 28.7 Å². The lowest BCUT2D eigenvalue weighted by molar-refractivity contribution is -0.134. The van der Waals surface area contributed by atoms with Crippen LogP contribution in [-0.4, -0.2) is 87.6 Å². The molecular formula is C48H50N8O6. The molecule has 5 aromatic carbocycles. The number of rotatable bonds is 16. The molecule has 0 saturated heterocycles. The fraction of sp³-hybridized carbons (Fsp3) is 0.250. The van der Waals surface area contributed by atoms with Crippen molar-refractivity contribution in [2.45, 2.75) is 45.8 Å². The Morgan fingerprint density at radius 1 is 0.677 bits per heavy atom. The van der Waals surface area contributed by atoms with E-state index in [0.29, 0.717) is 36.8 Å². The molecule has 0 fully saturated rings. The van der Waals surface area contributed by atoms with Gasteiger partial charge in [-0.15, -0.1) is 0 Å². The smallest absolute Gasteiger partial charge is 0.407 e. The Labute approximate surface area is 359 Å². The highest BCUT2D eigenvalue weighted by Crippen LogP contribution is 2.31. The molecule has 0 unspecified atom stereocenters. The number of aromatic nitrogens is 4. The Kier molecular flexibility index (Phi) is 13.6. The Morgan fingerprint density at radius 2 is 1.29 bits per heavy atom. The number of nitrogens with zero attached hydrogens (tertiary/aromatic N) is 4. The molecule has 4 N–H and O–H groups in total. The van der Waals surface area contributed by atoms with Crippen LogP contribution in [0.15, 0.2) is 115 Å². The van der Waals surface area contributed by atoms with Crippen LogP contribution in [0.5, 0.6) is 0 Å². The number of carbonyl (C=O) groups excluding carboxylic acids is 4. The summed E-state index contributed by atoms with van der Waals surface area (Å²) >= 11 is 0. The van der Waals surface area contributed by atoms with Crippen molar-refractivity contribution >= 4 is 45.8 Å². The van der Waals surface area contributed by atoms with E-state index < -0.39 is 18.2 Å². The van der Waals surface area contributed by atoms with Crippen LogP contribution in [0.1, 0.15) is 49.9 Å². The number of benzene rings is 5. The second-order valence-electron chi connectivity index (χ2n) is 14.9. The quantitative estimate of drug-likeness (QED) is 0.0751. The van der Waals surface area contributed by atoms with Crippen molar-refractivity contribution in [1.82, 2.24) is 40.4 Å². The lowest BCUT2D eigenvalue weighted by Gasteiger charge is -2.27. The van der Waals surface area contributed by atoms with Crippen molar-refractivity contribution in [2.75, 3.05) is 33.9 Å². The van der Waals surface area contributed by atoms with Crippen LogP contribution in [0.4, 0.5) is 9.59 Å². The summed E-state index contributed by atoms with van der Waals surface area (Å²) in [5.41, 5.74) is 8.49. The second kappa shape index (κ2) is 19.7. The maximum Gasteiger partial charge on any atom is 0.407 e. The van der Waals surface area contributed by atoms with Gasteiger partial charge < -0.3 is 39.9 Å². The standard InChI is InChI=1S/C48H50N8O6/c1-5-24-55(43(57)28-50-47(59)61-3)29-41-49-27-40(52-41)34-18-16-32(17-19-34)31-12-14-33(15-13-31)36-20-22-38-37(26-36)21-23-39-45(38)53-42(51-39)30-56(25-6-2)46(58)44(54-48(60)62-4)35-10-8-7-9-11-35/h7-23,26-27,44H,5-6,24-25,28-30H2,1-4H3,(H,49,52)(H,50,59)(H,51,53)(H,54,60)/t44-/m1/s1. The van der Waals surface area contributed by atoms with E-state index in [1.165, 1.54) is 14.2 Å². The zero-order chi connectivity index (χ0) is 43.6. The molecular weight excluding hydrogens is 785 g/mol. The van der Waals surface area contributed by atoms with E-state index in [1.807, 2.05) is 62.4 Å². The first-order valence-corrected chi connectivity index (χ1v) is 20.6. The summed E-state index contributed by atoms with van der Waals surface area (Å²) in [6.07, 6.45) is 1.93. The molecule has 62 heavy (non-hydrogen) atoms. The van der Waals surface area contributed by atoms with Crippen molar-refractivity contribution in [2.24, 2.45) is 0 Å². The van der Waals surface area contributed by atoms with Gasteiger partial charge >= 0.3 is 12.2 Å². The Bertz CT molecular complexity index is 2660. The predicted octanol–water partition coefficient (Wildman–Crippen LogP) is 8.37. The van der Waals surface area contributed by atoms with Gasteiger partial charge in [0.2, 0.25) is 11.8 Å². The van der Waals surface area contributed by atoms with Gasteiger partial charge in [-0.25, -0.2) is 19.6 Å². The number of alkyl carbamates (subject to hydrolysis) is 2. The molecule has 318 valence electrons. The number of nitrogens with one attached hydrogen (secondary N) is 4. The number of methoxy groups -OCH3 is 2. The van der Waals surface area contributed by atoms with Crippen LogP contribution in [0, 0.1) is 0 Å². The molecule has 0 aliphatic heterocycles. The Balaban J connectivity index is 1.03. The Hall–Kier alpha value is -7.48. The van der Waals surface area contributed by atoms with E-state index in [0.717, 1.165) is 68.2 Å². The normalized spacial score (nSPS) is 11.5. The molecule has 1 atom stereocenters. The molecule has 2 aromatic heterocycles. The van der Waals surface area contributed by atoms with E-state index in [9.17, 15) is 19.2 Å². The molecule has 7 aromatic rings. The second-order valence-corrected chi connectivity index (χ2v) is 14.9. The third-order valence-corrected chi connectivity index (χ3v) is 10.6. The number of hydrogen-bond donors (Lipinski definition) is 4. The molecule has 4 amide bonds. The number of H-pyrrole nitrogens is 2. The maximum atomic E-state index is 13.9. The van der Waals surface area contributed by atoms with Crippen LogP contribution in [0.25, 0.3) is 55.3 Å². The zero-order valence-electron chi connectivity index (χ0n) is 35.2. The summed E-state index contributed by atoms with van der Waals surface area (Å²) in [5.74, 6) is 0.834. The minimum absolute atomic E-state index is 0.148. The number of fused-ring (bicyclic) bond motifs is 3. The number of ether oxygens (including phenoxy) is 2. The molecule has 0 aliphatic rings. The van der Waals surface area contributed by atoms with Gasteiger partial charge in [0.1, 0.15) is 24.2 Å². The highest BCUT2D eigenvalue weighted by molar-refractivity contribution is 6.05. The van der Waals surface area contributed by atoms with Gasteiger partial charge in [-0.2, -0.15) is 0 Å². The molecule has 2 heterocycles. The van der Waals surface area contributed by atoms with E-state index in [4.69, 9.17) is 9.72 Å². The lowest BCUT2D eigenvalue weighted by atomic mass is 9.97. The molecule has 0 aliphatic carbocycles. The van der Waals surface area contributed by atoms with Gasteiger partial charge in [0.05, 0.1) is 50.2 Å². The van der Waals surface area contributed by atoms with Crippen LogP contribution >= 0.6 is 0 Å². The topological polar surface area (TPSA) is 175 Å². The van der Waals surface area contributed by atoms with E-state index in [1.54, 1.807) is 16.0 Å². The molecule has 7 rings (SSSR count). The first kappa shape index (κ1) is 42.6. The molecule has 14 nitrogen and oxygen atoms in total. The first-order valence-electron chi connectivity index (χ1n) is 20.6. The molecule has 0 spiro atoms. The predicted molar refractivity (Wildman–Crippen MR) is 239 cm³/mol. The number of hydrogen-bond acceptors (Lipinski definition) is 8. The van der Waals surface area contributed by atoms with Gasteiger partial charge in [-0.05, 0) is 63.7 Å². The lowest BCUT2D eigenvalue weighted by Crippen LogP contribution is -2.43. The van der Waals surface area contributed by atoms with Crippen molar-refractivity contribution in [3.8, 4) is 33.5 Å². The maximum absolute atomic E-state index is 13.9. The van der Waals surface area contributed by atoms with Gasteiger partial charge in [0.15, 0.2) is 0 Å². The van der Waals surface area contributed by atoms with Crippen LogP contribution in [0.2, 0.25) is 0 Å². The average molecular weight is 835 g/mol. The van der Waals surface area contributed by atoms with Gasteiger partial charge in [0, 0.05) is 18.5 Å². The third kappa shape index (κ3) is 9.92. The van der Waals surface area contributed by atoms with Crippen molar-refractivity contribution in [1.29, 1.82) is 0 Å². The third-order valence-electron chi connectivity index (χ3n) is 10.6. The summed E-state index contributed by atoms with van der Waals surface area (Å²) < 4.78 is 9.41. The zero-order valence-corrected chi connectivity index (χ0v) is 35.2. The van der Waals surface area contributed by atoms with Crippen molar-refractivity contribution in [3.05, 3.63) is 133 Å². The van der Waals surface area contributed by atoms with E-state index in [2.05, 4.69) is 91.0 Å². The van der Waals surface area contributed by atoms with Crippen LogP contribution in [0.3, 0.4) is 0 Å². The molecule has 14 heteroatoms. The summed E-state index contributed by atoms with van der Waals surface area (Å²) in [4.78, 5) is 69.9. The number of aromatic amines is 2. The van der Waals surface area contributed by atoms with Crippen LogP contribution < -0.4 is 10.6 Å². The minimum Gasteiger partial charge on any atom is -0.453 e. The SMILES string of the molecule is CCCN(Cc1ncc(-c2ccc(-c3ccc(-c4ccc5c(ccc6nc(CN(CCC)C(=O)[C@H](NC(=O)OC)c7ccccc7)[nH]c65)c4)cc3)cc2)[nH]1)C(=O)CNC(=O)OC. The highest BCUT2D eigenvalue weighted by Gasteiger charge is 2.28. The fourth-order valence-electron chi connectivity index (χ4n) is 7.49. The molecule has 0 bridgehead atoms. The summed E-state index contributed by atoms with van der Waals surface area (Å²) in [5, 5.41) is 7.23. The van der Waals surface area contributed by atoms with Crippen molar-refractivity contribution in [3.63, 3.8) is 0 Å². The average Bonchev–Trinajstić information content (AvgIpc) is 3.96. The van der Waals surface area contributed by atoms with E-state index in [-0.39, 0.29) is 24.9 Å². The van der Waals surface area contributed by atoms with E-state index >= 15 is 0 Å². The largest absolute Gasteiger partial charge is 0.453 e. The monoisotopic (exact) mass is 834 g/mol. The summed E-state index contributed by atoms with van der Waals surface area (Å²) in [6.45, 7) is 5.40. The highest BCUT2D eigenvalue weighted by atomic mass is 16.5. The van der Waals surface area contributed by atoms with Crippen LogP contribution in [-0.2, 0) is 32.2 Å². The summed E-state index contributed by atoms with van der Waals surface area (Å²) in [6, 6.07) is 35.4. The number of carbonyl (C=O) groups is 4. The van der Waals surface area contributed by atoms with Gasteiger partial charge in [0.25, 0.3) is 0 Å². The summed E-state index contributed by atoms with van der Waals surface area (Å²) in [7, 11) is 2.54. The fourth-order valence-corrected chi connectivity index (χ4v) is 7.49. The number of imidazole rings is 2. The minimum atomic E-state index is -0.907. The molecule has 0 radical (unpaired) electrons. The first-order chi connectivity index (χ1) is 30.2. The number of amides is 4. The molecule has 0 saturated carbocycles. The Morgan fingerprint density at radius 3 is 1.95 bits per heavy atom. The van der Waals surface area contributed by atoms with Gasteiger partial charge in [-0.3, -0.25) is 9.59 Å². The van der Waals surface area contributed by atoms with Gasteiger partial charge in [-0.1, -0.05) is 111 Å².